The van der Waals surface area contributed by atoms with Crippen molar-refractivity contribution in [3.8, 4) is 0 Å². The molecule has 0 heterocycles. The molecule has 0 fully saturated rings. The van der Waals surface area contributed by atoms with Crippen LogP contribution in [0.2, 0.25) is 0 Å². The molecule has 0 aromatic rings. The van der Waals surface area contributed by atoms with Crippen molar-refractivity contribution in [1.82, 2.24) is 0 Å². The third-order valence-electron chi connectivity index (χ3n) is 2.16. The summed E-state index contributed by atoms with van der Waals surface area (Å²) in [5, 5.41) is 0. The molecule has 0 aromatic heterocycles. The molecule has 0 aliphatic carbocycles. The Morgan fingerprint density at radius 2 is 1.58 bits per heavy atom. The van der Waals surface area contributed by atoms with Crippen LogP contribution in [0.5, 0.6) is 0 Å². The first-order chi connectivity index (χ1) is 5.41. The molecule has 2 N–H and O–H groups in total. The van der Waals surface area contributed by atoms with Crippen molar-refractivity contribution in [2.75, 3.05) is 0 Å². The maximum Gasteiger partial charge on any atom is 0.403 e. The summed E-state index contributed by atoms with van der Waals surface area (Å²) in [7, 11) is 0. The number of halogens is 3. The Bertz CT molecular complexity index is 118. The minimum atomic E-state index is -4.23. The van der Waals surface area contributed by atoms with Crippen molar-refractivity contribution in [3.05, 3.63) is 0 Å². The number of nitrogens with two attached hydrogens (primary N) is 1. The van der Waals surface area contributed by atoms with E-state index in [-0.39, 0.29) is 12.3 Å². The molecule has 0 spiro atoms. The van der Waals surface area contributed by atoms with Crippen LogP contribution in [0.15, 0.2) is 0 Å². The summed E-state index contributed by atoms with van der Waals surface area (Å²) in [6.45, 7) is 3.77. The van der Waals surface area contributed by atoms with E-state index in [0.29, 0.717) is 0 Å². The Hall–Kier alpha value is -0.250. The molecule has 1 nitrogen and oxygen atoms in total. The monoisotopic (exact) mass is 183 g/mol. The Balaban J connectivity index is 3.90. The fraction of sp³-hybridized carbons (Fsp3) is 1.00. The number of rotatable bonds is 4. The molecule has 0 rings (SSSR count). The van der Waals surface area contributed by atoms with Crippen LogP contribution in [0, 0.1) is 5.92 Å². The minimum absolute atomic E-state index is 0.0521. The van der Waals surface area contributed by atoms with Crippen LogP contribution in [0.25, 0.3) is 0 Å². The molecule has 0 aliphatic rings. The highest BCUT2D eigenvalue weighted by molar-refractivity contribution is 4.73. The molecule has 4 heteroatoms. The zero-order chi connectivity index (χ0) is 9.78. The first kappa shape index (κ1) is 11.8. The first-order valence-corrected chi connectivity index (χ1v) is 4.24. The van der Waals surface area contributed by atoms with E-state index in [1.165, 1.54) is 0 Å². The number of hydrogen-bond donors (Lipinski definition) is 1. The molecule has 1 unspecified atom stereocenters. The SMILES string of the molecule is CCC(CC)CC(N)C(F)(F)F. The lowest BCUT2D eigenvalue weighted by Crippen LogP contribution is -2.38. The highest BCUT2D eigenvalue weighted by atomic mass is 19.4. The zero-order valence-electron chi connectivity index (χ0n) is 7.49. The third kappa shape index (κ3) is 3.95. The van der Waals surface area contributed by atoms with Crippen LogP contribution in [-0.4, -0.2) is 12.2 Å². The lowest BCUT2D eigenvalue weighted by molar-refractivity contribution is -0.151. The van der Waals surface area contributed by atoms with E-state index in [1.54, 1.807) is 0 Å². The van der Waals surface area contributed by atoms with E-state index in [0.717, 1.165) is 12.8 Å². The second-order valence-corrected chi connectivity index (χ2v) is 3.07. The van der Waals surface area contributed by atoms with Crippen molar-refractivity contribution in [3.63, 3.8) is 0 Å². The summed E-state index contributed by atoms with van der Waals surface area (Å²) in [4.78, 5) is 0. The predicted molar refractivity (Wildman–Crippen MR) is 42.7 cm³/mol. The van der Waals surface area contributed by atoms with Crippen LogP contribution in [0.1, 0.15) is 33.1 Å². The zero-order valence-corrected chi connectivity index (χ0v) is 7.49. The van der Waals surface area contributed by atoms with Gasteiger partial charge >= 0.3 is 6.18 Å². The maximum atomic E-state index is 12.0. The van der Waals surface area contributed by atoms with Gasteiger partial charge in [0.05, 0.1) is 0 Å². The van der Waals surface area contributed by atoms with Crippen LogP contribution in [-0.2, 0) is 0 Å². The van der Waals surface area contributed by atoms with Crippen molar-refractivity contribution < 1.29 is 13.2 Å². The summed E-state index contributed by atoms with van der Waals surface area (Å²) in [6.07, 6.45) is -2.65. The summed E-state index contributed by atoms with van der Waals surface area (Å²) in [5.74, 6) is 0.0987. The van der Waals surface area contributed by atoms with Crippen LogP contribution in [0.3, 0.4) is 0 Å². The first-order valence-electron chi connectivity index (χ1n) is 4.24. The van der Waals surface area contributed by atoms with Crippen LogP contribution < -0.4 is 5.73 Å². The van der Waals surface area contributed by atoms with Gasteiger partial charge in [-0.15, -0.1) is 0 Å². The molecule has 0 aliphatic heterocycles. The average molecular weight is 183 g/mol. The molecule has 1 atom stereocenters. The van der Waals surface area contributed by atoms with Crippen LogP contribution in [0.4, 0.5) is 13.2 Å². The second-order valence-electron chi connectivity index (χ2n) is 3.07. The Labute approximate surface area is 71.1 Å². The van der Waals surface area contributed by atoms with Gasteiger partial charge in [0.2, 0.25) is 0 Å². The predicted octanol–water partition coefficient (Wildman–Crippen LogP) is 2.70. The van der Waals surface area contributed by atoms with Gasteiger partial charge in [0.1, 0.15) is 6.04 Å². The van der Waals surface area contributed by atoms with Crippen molar-refractivity contribution >= 4 is 0 Å². The summed E-state index contributed by atoms with van der Waals surface area (Å²) in [6, 6.07) is -1.65. The summed E-state index contributed by atoms with van der Waals surface area (Å²) >= 11 is 0. The molecule has 12 heavy (non-hydrogen) atoms. The fourth-order valence-corrected chi connectivity index (χ4v) is 1.11. The normalized spacial score (nSPS) is 15.2. The molecule has 0 saturated heterocycles. The van der Waals surface area contributed by atoms with Gasteiger partial charge in [-0.05, 0) is 12.3 Å². The summed E-state index contributed by atoms with van der Waals surface area (Å²) in [5.41, 5.74) is 4.98. The van der Waals surface area contributed by atoms with E-state index < -0.39 is 12.2 Å². The topological polar surface area (TPSA) is 26.0 Å². The minimum Gasteiger partial charge on any atom is -0.320 e. The molecular weight excluding hydrogens is 167 g/mol. The lowest BCUT2D eigenvalue weighted by Gasteiger charge is -2.20. The highest BCUT2D eigenvalue weighted by Gasteiger charge is 2.37. The van der Waals surface area contributed by atoms with Crippen LogP contribution >= 0.6 is 0 Å². The summed E-state index contributed by atoms with van der Waals surface area (Å²) < 4.78 is 35.9. The third-order valence-corrected chi connectivity index (χ3v) is 2.16. The number of alkyl halides is 3. The van der Waals surface area contributed by atoms with Gasteiger partial charge in [-0.3, -0.25) is 0 Å². The van der Waals surface area contributed by atoms with Gasteiger partial charge in [-0.25, -0.2) is 0 Å². The van der Waals surface area contributed by atoms with Gasteiger partial charge in [0, 0.05) is 0 Å². The van der Waals surface area contributed by atoms with Gasteiger partial charge < -0.3 is 5.73 Å². The van der Waals surface area contributed by atoms with Crippen molar-refractivity contribution in [1.29, 1.82) is 0 Å². The smallest absolute Gasteiger partial charge is 0.320 e. The lowest BCUT2D eigenvalue weighted by atomic mass is 9.95. The Morgan fingerprint density at radius 1 is 1.17 bits per heavy atom. The molecule has 0 aromatic carbocycles. The molecule has 0 saturated carbocycles. The van der Waals surface area contributed by atoms with E-state index in [1.807, 2.05) is 13.8 Å². The van der Waals surface area contributed by atoms with Gasteiger partial charge in [-0.2, -0.15) is 13.2 Å². The van der Waals surface area contributed by atoms with E-state index >= 15 is 0 Å². The van der Waals surface area contributed by atoms with Gasteiger partial charge in [-0.1, -0.05) is 26.7 Å². The molecular formula is C8H16F3N. The standard InChI is InChI=1S/C8H16F3N/c1-3-6(4-2)5-7(12)8(9,10)11/h6-7H,3-5,12H2,1-2H3. The second kappa shape index (κ2) is 4.70. The van der Waals surface area contributed by atoms with Crippen molar-refractivity contribution in [2.45, 2.75) is 45.3 Å². The quantitative estimate of drug-likeness (QED) is 0.712. The molecule has 0 radical (unpaired) electrons. The Kier molecular flexibility index (Phi) is 4.60. The van der Waals surface area contributed by atoms with Crippen molar-refractivity contribution in [2.24, 2.45) is 11.7 Å². The van der Waals surface area contributed by atoms with E-state index in [2.05, 4.69) is 0 Å². The van der Waals surface area contributed by atoms with Gasteiger partial charge in [0.15, 0.2) is 0 Å². The van der Waals surface area contributed by atoms with E-state index in [4.69, 9.17) is 5.73 Å². The molecule has 74 valence electrons. The molecule has 0 bridgehead atoms. The average Bonchev–Trinajstić information content (AvgIpc) is 1.97. The highest BCUT2D eigenvalue weighted by Crippen LogP contribution is 2.25. The largest absolute Gasteiger partial charge is 0.403 e. The van der Waals surface area contributed by atoms with Gasteiger partial charge in [0.25, 0.3) is 0 Å². The number of hydrogen-bond acceptors (Lipinski definition) is 1. The van der Waals surface area contributed by atoms with E-state index in [9.17, 15) is 13.2 Å². The Morgan fingerprint density at radius 3 is 1.83 bits per heavy atom. The maximum absolute atomic E-state index is 12.0. The molecule has 0 amide bonds. The fourth-order valence-electron chi connectivity index (χ4n) is 1.11.